The smallest absolute Gasteiger partial charge is 0.246 e. The number of alkyl halides is 1. The SMILES string of the molecule is CC[C@@H](CO)N1C(=O)[C@@H]2[C@@H](C(=O)Nc3ccccc3)[C@@H]3OC2(CC3Br)C1C(=O)NC(C)(C)C. The Morgan fingerprint density at radius 1 is 1.27 bits per heavy atom. The Kier molecular flexibility index (Phi) is 6.35. The number of hydrogen-bond donors (Lipinski definition) is 3. The molecule has 1 spiro atoms. The number of aliphatic hydroxyl groups excluding tert-OH is 1. The van der Waals surface area contributed by atoms with E-state index >= 15 is 0 Å². The summed E-state index contributed by atoms with van der Waals surface area (Å²) in [5.74, 6) is -2.47. The van der Waals surface area contributed by atoms with E-state index in [9.17, 15) is 19.5 Å². The summed E-state index contributed by atoms with van der Waals surface area (Å²) in [4.78, 5) is 42.1. The summed E-state index contributed by atoms with van der Waals surface area (Å²) in [6.45, 7) is 7.22. The second kappa shape index (κ2) is 8.67. The minimum absolute atomic E-state index is 0.174. The minimum atomic E-state index is -1.13. The maximum atomic E-state index is 13.8. The number of benzene rings is 1. The Bertz CT molecular complexity index is 932. The van der Waals surface area contributed by atoms with Crippen LogP contribution in [0.15, 0.2) is 30.3 Å². The maximum Gasteiger partial charge on any atom is 0.246 e. The molecule has 0 saturated carbocycles. The van der Waals surface area contributed by atoms with E-state index in [1.807, 2.05) is 45.9 Å². The van der Waals surface area contributed by atoms with Gasteiger partial charge in [0.15, 0.2) is 0 Å². The second-order valence-electron chi connectivity index (χ2n) is 10.2. The molecule has 4 rings (SSSR count). The number of anilines is 1. The number of para-hydroxylation sites is 1. The first-order valence-electron chi connectivity index (χ1n) is 11.5. The van der Waals surface area contributed by atoms with Crippen LogP contribution in [0.4, 0.5) is 5.69 Å². The molecule has 3 saturated heterocycles. The summed E-state index contributed by atoms with van der Waals surface area (Å²) >= 11 is 3.65. The molecule has 3 N–H and O–H groups in total. The van der Waals surface area contributed by atoms with Crippen molar-refractivity contribution in [1.82, 2.24) is 10.2 Å². The van der Waals surface area contributed by atoms with Crippen LogP contribution in [0.5, 0.6) is 0 Å². The van der Waals surface area contributed by atoms with Gasteiger partial charge in [0.2, 0.25) is 17.7 Å². The number of halogens is 1. The third-order valence-corrected chi connectivity index (χ3v) is 7.74. The monoisotopic (exact) mass is 521 g/mol. The summed E-state index contributed by atoms with van der Waals surface area (Å²) in [5.41, 5.74) is -1.01. The second-order valence-corrected chi connectivity index (χ2v) is 11.4. The van der Waals surface area contributed by atoms with Crippen LogP contribution in [0.2, 0.25) is 0 Å². The molecule has 3 heterocycles. The fourth-order valence-electron chi connectivity index (χ4n) is 5.66. The Balaban J connectivity index is 1.74. The first-order chi connectivity index (χ1) is 15.5. The van der Waals surface area contributed by atoms with Crippen molar-refractivity contribution in [3.63, 3.8) is 0 Å². The molecular formula is C24H32BrN3O5. The van der Waals surface area contributed by atoms with Crippen molar-refractivity contribution in [3.05, 3.63) is 30.3 Å². The number of likely N-dealkylation sites (tertiary alicyclic amines) is 1. The number of rotatable bonds is 6. The molecule has 0 aliphatic carbocycles. The van der Waals surface area contributed by atoms with Crippen LogP contribution in [-0.4, -0.2) is 68.5 Å². The van der Waals surface area contributed by atoms with E-state index in [0.29, 0.717) is 18.5 Å². The summed E-state index contributed by atoms with van der Waals surface area (Å²) < 4.78 is 6.44. The predicted molar refractivity (Wildman–Crippen MR) is 127 cm³/mol. The molecule has 3 amide bonds. The number of carbonyl (C=O) groups excluding carboxylic acids is 3. The lowest BCUT2D eigenvalue weighted by Gasteiger charge is -2.38. The highest BCUT2D eigenvalue weighted by molar-refractivity contribution is 9.09. The Morgan fingerprint density at radius 3 is 2.52 bits per heavy atom. The first-order valence-corrected chi connectivity index (χ1v) is 12.4. The van der Waals surface area contributed by atoms with Gasteiger partial charge in [0.25, 0.3) is 0 Å². The van der Waals surface area contributed by atoms with Gasteiger partial charge in [-0.3, -0.25) is 14.4 Å². The molecule has 0 radical (unpaired) electrons. The zero-order valence-electron chi connectivity index (χ0n) is 19.4. The van der Waals surface area contributed by atoms with Crippen molar-refractivity contribution in [2.75, 3.05) is 11.9 Å². The van der Waals surface area contributed by atoms with E-state index < -0.39 is 41.2 Å². The number of ether oxygens (including phenoxy) is 1. The molecule has 0 aromatic heterocycles. The number of amides is 3. The van der Waals surface area contributed by atoms with Crippen molar-refractivity contribution in [2.24, 2.45) is 11.8 Å². The van der Waals surface area contributed by atoms with Crippen molar-refractivity contribution in [2.45, 2.75) is 74.7 Å². The number of hydrogen-bond acceptors (Lipinski definition) is 5. The van der Waals surface area contributed by atoms with Crippen LogP contribution in [-0.2, 0) is 19.1 Å². The molecule has 1 aromatic rings. The molecule has 33 heavy (non-hydrogen) atoms. The molecule has 3 fully saturated rings. The third kappa shape index (κ3) is 3.98. The van der Waals surface area contributed by atoms with Gasteiger partial charge in [-0.15, -0.1) is 0 Å². The van der Waals surface area contributed by atoms with Gasteiger partial charge in [0.05, 0.1) is 30.6 Å². The van der Waals surface area contributed by atoms with Crippen LogP contribution in [0.3, 0.4) is 0 Å². The number of carbonyl (C=O) groups is 3. The zero-order valence-corrected chi connectivity index (χ0v) is 21.0. The van der Waals surface area contributed by atoms with Crippen molar-refractivity contribution < 1.29 is 24.2 Å². The average molecular weight is 522 g/mol. The molecule has 180 valence electrons. The Labute approximate surface area is 202 Å². The summed E-state index contributed by atoms with van der Waals surface area (Å²) in [7, 11) is 0. The van der Waals surface area contributed by atoms with Gasteiger partial charge in [-0.1, -0.05) is 41.1 Å². The molecular weight excluding hydrogens is 490 g/mol. The maximum absolute atomic E-state index is 13.8. The third-order valence-electron chi connectivity index (χ3n) is 6.89. The first kappa shape index (κ1) is 24.2. The minimum Gasteiger partial charge on any atom is -0.394 e. The van der Waals surface area contributed by atoms with Gasteiger partial charge in [-0.05, 0) is 45.7 Å². The van der Waals surface area contributed by atoms with Crippen LogP contribution >= 0.6 is 15.9 Å². The number of nitrogens with one attached hydrogen (secondary N) is 2. The van der Waals surface area contributed by atoms with Gasteiger partial charge in [0, 0.05) is 16.1 Å². The lowest BCUT2D eigenvalue weighted by atomic mass is 9.70. The van der Waals surface area contributed by atoms with E-state index in [4.69, 9.17) is 4.74 Å². The van der Waals surface area contributed by atoms with E-state index in [2.05, 4.69) is 26.6 Å². The van der Waals surface area contributed by atoms with Crippen molar-refractivity contribution in [1.29, 1.82) is 0 Å². The van der Waals surface area contributed by atoms with Crippen LogP contribution in [0.1, 0.15) is 40.5 Å². The molecule has 9 heteroatoms. The highest BCUT2D eigenvalue weighted by atomic mass is 79.9. The van der Waals surface area contributed by atoms with Gasteiger partial charge in [-0.25, -0.2) is 0 Å². The van der Waals surface area contributed by atoms with Crippen molar-refractivity contribution in [3.8, 4) is 0 Å². The molecule has 7 atom stereocenters. The fraction of sp³-hybridized carbons (Fsp3) is 0.625. The molecule has 3 aliphatic heterocycles. The van der Waals surface area contributed by atoms with Gasteiger partial charge >= 0.3 is 0 Å². The number of nitrogens with zero attached hydrogens (tertiary/aromatic N) is 1. The molecule has 3 aliphatic rings. The average Bonchev–Trinajstić information content (AvgIpc) is 3.32. The van der Waals surface area contributed by atoms with Crippen LogP contribution in [0, 0.1) is 11.8 Å². The van der Waals surface area contributed by atoms with Crippen molar-refractivity contribution >= 4 is 39.3 Å². The van der Waals surface area contributed by atoms with E-state index in [0.717, 1.165) is 0 Å². The predicted octanol–water partition coefficient (Wildman–Crippen LogP) is 2.06. The summed E-state index contributed by atoms with van der Waals surface area (Å²) in [5, 5.41) is 15.9. The molecule has 8 nitrogen and oxygen atoms in total. The van der Waals surface area contributed by atoms with E-state index in [-0.39, 0.29) is 29.2 Å². The highest BCUT2D eigenvalue weighted by Gasteiger charge is 2.77. The molecule has 1 aromatic carbocycles. The Hall–Kier alpha value is -1.97. The Morgan fingerprint density at radius 2 is 1.94 bits per heavy atom. The lowest BCUT2D eigenvalue weighted by molar-refractivity contribution is -0.145. The quantitative estimate of drug-likeness (QED) is 0.496. The molecule has 3 unspecified atom stereocenters. The molecule has 2 bridgehead atoms. The topological polar surface area (TPSA) is 108 Å². The highest BCUT2D eigenvalue weighted by Crippen LogP contribution is 2.60. The summed E-state index contributed by atoms with van der Waals surface area (Å²) in [6, 6.07) is 7.61. The summed E-state index contributed by atoms with van der Waals surface area (Å²) in [6.07, 6.45) is 0.389. The normalized spacial score (nSPS) is 33.7. The van der Waals surface area contributed by atoms with E-state index in [1.54, 1.807) is 12.1 Å². The lowest BCUT2D eigenvalue weighted by Crippen LogP contribution is -2.60. The number of aliphatic hydroxyl groups is 1. The number of fused-ring (bicyclic) bond motifs is 1. The standard InChI is InChI=1S/C24H32BrN3O5/c1-5-14(12-29)28-19(21(31)27-23(2,3)4)24-11-15(25)18(33-24)16(17(24)22(28)32)20(30)26-13-9-7-6-8-10-13/h6-10,14-19,29H,5,11-12H2,1-4H3,(H,26,30)(H,27,31)/t14-,15?,16+,17-,18+,19?,24?/m0/s1. The van der Waals surface area contributed by atoms with E-state index in [1.165, 1.54) is 4.90 Å². The van der Waals surface area contributed by atoms with Crippen LogP contribution in [0.25, 0.3) is 0 Å². The van der Waals surface area contributed by atoms with Gasteiger partial charge < -0.3 is 25.4 Å². The van der Waals surface area contributed by atoms with Gasteiger partial charge in [-0.2, -0.15) is 0 Å². The largest absolute Gasteiger partial charge is 0.394 e. The fourth-order valence-corrected chi connectivity index (χ4v) is 6.60. The van der Waals surface area contributed by atoms with Gasteiger partial charge in [0.1, 0.15) is 11.6 Å². The zero-order chi connectivity index (χ0) is 24.1. The van der Waals surface area contributed by atoms with Crippen LogP contribution < -0.4 is 10.6 Å².